The molecule has 0 spiro atoms. The van der Waals surface area contributed by atoms with Gasteiger partial charge >= 0.3 is 0 Å². The third kappa shape index (κ3) is 3.27. The van der Waals surface area contributed by atoms with Gasteiger partial charge in [-0.25, -0.2) is 4.39 Å². The number of rotatable bonds is 3. The van der Waals surface area contributed by atoms with E-state index in [9.17, 15) is 4.39 Å². The lowest BCUT2D eigenvalue weighted by molar-refractivity contribution is 0.534. The fraction of sp³-hybridized carbons (Fsp3) is 0.625. The van der Waals surface area contributed by atoms with Crippen LogP contribution in [0.2, 0.25) is 0 Å². The molecule has 0 radical (unpaired) electrons. The van der Waals surface area contributed by atoms with Gasteiger partial charge in [0.1, 0.15) is 5.82 Å². The first-order chi connectivity index (χ1) is 9.11. The number of hydrogen-bond acceptors (Lipinski definition) is 2. The molecule has 0 aliphatic heterocycles. The predicted octanol–water partition coefficient (Wildman–Crippen LogP) is 4.00. The molecule has 1 unspecified atom stereocenters. The quantitative estimate of drug-likeness (QED) is 0.836. The normalized spacial score (nSPS) is 18.9. The topological polar surface area (TPSA) is 29.3 Å². The smallest absolute Gasteiger partial charge is 0.146 e. The van der Waals surface area contributed by atoms with E-state index in [-0.39, 0.29) is 11.9 Å². The Kier molecular flexibility index (Phi) is 4.81. The zero-order valence-electron chi connectivity index (χ0n) is 12.0. The van der Waals surface area contributed by atoms with Crippen molar-refractivity contribution < 1.29 is 4.39 Å². The van der Waals surface area contributed by atoms with Crippen LogP contribution in [0.5, 0.6) is 0 Å². The Balaban J connectivity index is 2.28. The van der Waals surface area contributed by atoms with E-state index < -0.39 is 0 Å². The molecule has 1 aromatic rings. The van der Waals surface area contributed by atoms with Gasteiger partial charge < -0.3 is 10.6 Å². The second kappa shape index (κ2) is 6.38. The van der Waals surface area contributed by atoms with Gasteiger partial charge in [-0.3, -0.25) is 0 Å². The second-order valence-corrected chi connectivity index (χ2v) is 5.72. The third-order valence-electron chi connectivity index (χ3n) is 4.23. The summed E-state index contributed by atoms with van der Waals surface area (Å²) in [6, 6.07) is 5.53. The van der Waals surface area contributed by atoms with Gasteiger partial charge in [-0.05, 0) is 31.4 Å². The molecule has 0 amide bonds. The van der Waals surface area contributed by atoms with Crippen LogP contribution in [0.1, 0.15) is 57.1 Å². The van der Waals surface area contributed by atoms with Crippen molar-refractivity contribution in [3.05, 3.63) is 29.6 Å². The molecule has 2 nitrogen and oxygen atoms in total. The molecule has 106 valence electrons. The van der Waals surface area contributed by atoms with E-state index in [1.165, 1.54) is 31.7 Å². The molecule has 0 heterocycles. The molecule has 1 aliphatic carbocycles. The highest BCUT2D eigenvalue weighted by molar-refractivity contribution is 5.56. The van der Waals surface area contributed by atoms with Crippen molar-refractivity contribution >= 4 is 5.69 Å². The SMILES string of the molecule is CC(N)c1cccc(F)c1N(C)C1CCCCCC1. The van der Waals surface area contributed by atoms with Gasteiger partial charge in [0.15, 0.2) is 0 Å². The number of benzene rings is 1. The van der Waals surface area contributed by atoms with Crippen molar-refractivity contribution in [2.45, 2.75) is 57.5 Å². The fourth-order valence-corrected chi connectivity index (χ4v) is 3.10. The highest BCUT2D eigenvalue weighted by Gasteiger charge is 2.22. The van der Waals surface area contributed by atoms with E-state index in [1.54, 1.807) is 6.07 Å². The molecular weight excluding hydrogens is 239 g/mol. The van der Waals surface area contributed by atoms with Crippen molar-refractivity contribution in [2.75, 3.05) is 11.9 Å². The summed E-state index contributed by atoms with van der Waals surface area (Å²) in [5.74, 6) is -0.151. The van der Waals surface area contributed by atoms with E-state index in [4.69, 9.17) is 5.73 Å². The van der Waals surface area contributed by atoms with E-state index in [0.29, 0.717) is 11.7 Å². The minimum Gasteiger partial charge on any atom is -0.369 e. The van der Waals surface area contributed by atoms with Gasteiger partial charge in [0.05, 0.1) is 5.69 Å². The molecule has 1 fully saturated rings. The van der Waals surface area contributed by atoms with Gasteiger partial charge in [0.25, 0.3) is 0 Å². The maximum absolute atomic E-state index is 14.2. The Morgan fingerprint density at radius 1 is 1.21 bits per heavy atom. The van der Waals surface area contributed by atoms with Gasteiger partial charge in [-0.15, -0.1) is 0 Å². The monoisotopic (exact) mass is 264 g/mol. The number of nitrogens with two attached hydrogens (primary N) is 1. The van der Waals surface area contributed by atoms with E-state index in [0.717, 1.165) is 18.4 Å². The van der Waals surface area contributed by atoms with Gasteiger partial charge in [-0.1, -0.05) is 37.8 Å². The molecule has 19 heavy (non-hydrogen) atoms. The number of halogens is 1. The summed E-state index contributed by atoms with van der Waals surface area (Å²) in [6.45, 7) is 1.92. The Morgan fingerprint density at radius 3 is 2.42 bits per heavy atom. The van der Waals surface area contributed by atoms with Crippen molar-refractivity contribution in [2.24, 2.45) is 5.73 Å². The number of para-hydroxylation sites is 1. The molecule has 2 N–H and O–H groups in total. The lowest BCUT2D eigenvalue weighted by atomic mass is 10.0. The van der Waals surface area contributed by atoms with Crippen LogP contribution in [-0.4, -0.2) is 13.1 Å². The van der Waals surface area contributed by atoms with E-state index in [1.807, 2.05) is 20.0 Å². The Morgan fingerprint density at radius 2 is 1.84 bits per heavy atom. The molecule has 1 aromatic carbocycles. The van der Waals surface area contributed by atoms with Crippen LogP contribution in [-0.2, 0) is 0 Å². The molecule has 1 aliphatic rings. The molecular formula is C16H25FN2. The van der Waals surface area contributed by atoms with Crippen LogP contribution < -0.4 is 10.6 Å². The zero-order chi connectivity index (χ0) is 13.8. The number of anilines is 1. The van der Waals surface area contributed by atoms with Crippen LogP contribution in [0.25, 0.3) is 0 Å². The largest absolute Gasteiger partial charge is 0.369 e. The molecule has 1 saturated carbocycles. The molecule has 1 atom stereocenters. The summed E-state index contributed by atoms with van der Waals surface area (Å²) in [7, 11) is 2.01. The summed E-state index contributed by atoms with van der Waals surface area (Å²) < 4.78 is 14.2. The minimum absolute atomic E-state index is 0.140. The molecule has 0 bridgehead atoms. The average Bonchev–Trinajstić information content (AvgIpc) is 2.66. The van der Waals surface area contributed by atoms with Crippen molar-refractivity contribution in [1.82, 2.24) is 0 Å². The minimum atomic E-state index is -0.151. The van der Waals surface area contributed by atoms with Crippen LogP contribution in [0.3, 0.4) is 0 Å². The zero-order valence-corrected chi connectivity index (χ0v) is 12.0. The molecule has 0 saturated heterocycles. The van der Waals surface area contributed by atoms with Crippen LogP contribution in [0, 0.1) is 5.82 Å². The maximum atomic E-state index is 14.2. The first-order valence-corrected chi connectivity index (χ1v) is 7.38. The summed E-state index contributed by atoms with van der Waals surface area (Å²) in [4.78, 5) is 2.12. The number of nitrogens with zero attached hydrogens (tertiary/aromatic N) is 1. The third-order valence-corrected chi connectivity index (χ3v) is 4.23. The van der Waals surface area contributed by atoms with Crippen molar-refractivity contribution in [3.8, 4) is 0 Å². The van der Waals surface area contributed by atoms with Gasteiger partial charge in [0.2, 0.25) is 0 Å². The lowest BCUT2D eigenvalue weighted by Crippen LogP contribution is -2.33. The Hall–Kier alpha value is -1.09. The van der Waals surface area contributed by atoms with Crippen LogP contribution >= 0.6 is 0 Å². The first-order valence-electron chi connectivity index (χ1n) is 7.38. The fourth-order valence-electron chi connectivity index (χ4n) is 3.10. The van der Waals surface area contributed by atoms with Gasteiger partial charge in [0, 0.05) is 19.1 Å². The summed E-state index contributed by atoms with van der Waals surface area (Å²) >= 11 is 0. The van der Waals surface area contributed by atoms with Crippen molar-refractivity contribution in [1.29, 1.82) is 0 Å². The Labute approximate surface area is 115 Å². The Bertz CT molecular complexity index is 409. The second-order valence-electron chi connectivity index (χ2n) is 5.72. The summed E-state index contributed by atoms with van der Waals surface area (Å²) in [6.07, 6.45) is 7.42. The standard InChI is InChI=1S/C16H25FN2/c1-12(18)14-10-7-11-15(17)16(14)19(2)13-8-5-3-4-6-9-13/h7,10-13H,3-6,8-9,18H2,1-2H3. The highest BCUT2D eigenvalue weighted by atomic mass is 19.1. The van der Waals surface area contributed by atoms with E-state index in [2.05, 4.69) is 4.90 Å². The van der Waals surface area contributed by atoms with Crippen LogP contribution in [0.4, 0.5) is 10.1 Å². The highest BCUT2D eigenvalue weighted by Crippen LogP contribution is 2.32. The lowest BCUT2D eigenvalue weighted by Gasteiger charge is -2.32. The number of hydrogen-bond donors (Lipinski definition) is 1. The molecule has 2 rings (SSSR count). The van der Waals surface area contributed by atoms with E-state index >= 15 is 0 Å². The molecule has 3 heteroatoms. The summed E-state index contributed by atoms with van der Waals surface area (Å²) in [5.41, 5.74) is 7.60. The van der Waals surface area contributed by atoms with Gasteiger partial charge in [-0.2, -0.15) is 0 Å². The first kappa shape index (κ1) is 14.3. The predicted molar refractivity (Wildman–Crippen MR) is 78.9 cm³/mol. The summed E-state index contributed by atoms with van der Waals surface area (Å²) in [5, 5.41) is 0. The van der Waals surface area contributed by atoms with Crippen molar-refractivity contribution in [3.63, 3.8) is 0 Å². The molecule has 0 aromatic heterocycles. The average molecular weight is 264 g/mol. The van der Waals surface area contributed by atoms with Crippen LogP contribution in [0.15, 0.2) is 18.2 Å². The maximum Gasteiger partial charge on any atom is 0.146 e.